The van der Waals surface area contributed by atoms with Crippen LogP contribution in [0, 0.1) is 0 Å². The van der Waals surface area contributed by atoms with Crippen LogP contribution in [0.2, 0.25) is 0 Å². The molecule has 0 saturated heterocycles. The third kappa shape index (κ3) is 2.53. The first-order valence-electron chi connectivity index (χ1n) is 5.92. The van der Waals surface area contributed by atoms with E-state index in [4.69, 9.17) is 0 Å². The standard InChI is InChI=1S/C13H13N5S/c1-14-11-10-12(16-8-15-10)18-13(17-11)19-7-9-5-3-2-4-6-9/h2-6,8H,7H2,1H3,(H2,14,15,16,17,18). The molecular formula is C13H13N5S. The van der Waals surface area contributed by atoms with Crippen molar-refractivity contribution < 1.29 is 0 Å². The zero-order valence-electron chi connectivity index (χ0n) is 10.4. The number of hydrogen-bond acceptors (Lipinski definition) is 5. The molecule has 6 heteroatoms. The van der Waals surface area contributed by atoms with Crippen molar-refractivity contribution in [3.8, 4) is 0 Å². The maximum absolute atomic E-state index is 4.48. The van der Waals surface area contributed by atoms with Crippen LogP contribution in [0.1, 0.15) is 5.56 Å². The van der Waals surface area contributed by atoms with Crippen LogP contribution in [-0.2, 0) is 5.75 Å². The monoisotopic (exact) mass is 271 g/mol. The number of hydrogen-bond donors (Lipinski definition) is 2. The lowest BCUT2D eigenvalue weighted by Gasteiger charge is -2.04. The number of aromatic amines is 1. The largest absolute Gasteiger partial charge is 0.371 e. The maximum Gasteiger partial charge on any atom is 0.192 e. The van der Waals surface area contributed by atoms with E-state index in [0.29, 0.717) is 5.65 Å². The van der Waals surface area contributed by atoms with E-state index in [2.05, 4.69) is 37.4 Å². The summed E-state index contributed by atoms with van der Waals surface area (Å²) >= 11 is 1.61. The van der Waals surface area contributed by atoms with E-state index in [9.17, 15) is 0 Å². The molecule has 5 nitrogen and oxygen atoms in total. The van der Waals surface area contributed by atoms with Crippen molar-refractivity contribution in [1.82, 2.24) is 19.9 Å². The molecule has 2 N–H and O–H groups in total. The van der Waals surface area contributed by atoms with Gasteiger partial charge in [0.2, 0.25) is 0 Å². The van der Waals surface area contributed by atoms with Gasteiger partial charge in [0, 0.05) is 12.8 Å². The number of anilines is 1. The number of H-pyrrole nitrogens is 1. The summed E-state index contributed by atoms with van der Waals surface area (Å²) in [6, 6.07) is 10.3. The van der Waals surface area contributed by atoms with Gasteiger partial charge in [0.05, 0.1) is 6.33 Å². The third-order valence-electron chi connectivity index (χ3n) is 2.71. The number of aromatic nitrogens is 4. The van der Waals surface area contributed by atoms with Crippen LogP contribution < -0.4 is 5.32 Å². The normalized spacial score (nSPS) is 10.8. The molecule has 0 saturated carbocycles. The fourth-order valence-electron chi connectivity index (χ4n) is 1.78. The van der Waals surface area contributed by atoms with Gasteiger partial charge in [0.25, 0.3) is 0 Å². The molecule has 0 unspecified atom stereocenters. The van der Waals surface area contributed by atoms with Crippen LogP contribution in [0.15, 0.2) is 41.8 Å². The number of fused-ring (bicyclic) bond motifs is 1. The van der Waals surface area contributed by atoms with Gasteiger partial charge in [-0.2, -0.15) is 0 Å². The Kier molecular flexibility index (Phi) is 3.33. The molecule has 0 fully saturated rings. The molecule has 0 amide bonds. The topological polar surface area (TPSA) is 66.5 Å². The summed E-state index contributed by atoms with van der Waals surface area (Å²) in [6.45, 7) is 0. The Morgan fingerprint density at radius 1 is 1.21 bits per heavy atom. The summed E-state index contributed by atoms with van der Waals surface area (Å²) in [7, 11) is 1.84. The average Bonchev–Trinajstić information content (AvgIpc) is 2.93. The van der Waals surface area contributed by atoms with Crippen molar-refractivity contribution in [1.29, 1.82) is 0 Å². The van der Waals surface area contributed by atoms with Crippen molar-refractivity contribution in [2.75, 3.05) is 12.4 Å². The predicted octanol–water partition coefficient (Wildman–Crippen LogP) is 2.69. The average molecular weight is 271 g/mol. The van der Waals surface area contributed by atoms with E-state index in [0.717, 1.165) is 22.2 Å². The molecule has 96 valence electrons. The van der Waals surface area contributed by atoms with Gasteiger partial charge in [-0.3, -0.25) is 0 Å². The zero-order chi connectivity index (χ0) is 13.1. The second kappa shape index (κ2) is 5.27. The Balaban J connectivity index is 1.85. The first kappa shape index (κ1) is 12.0. The summed E-state index contributed by atoms with van der Waals surface area (Å²) in [5, 5.41) is 3.79. The molecule has 0 aliphatic heterocycles. The molecule has 0 aliphatic carbocycles. The summed E-state index contributed by atoms with van der Waals surface area (Å²) in [6.07, 6.45) is 1.63. The predicted molar refractivity (Wildman–Crippen MR) is 77.2 cm³/mol. The molecule has 2 aromatic heterocycles. The van der Waals surface area contributed by atoms with E-state index in [1.54, 1.807) is 18.1 Å². The highest BCUT2D eigenvalue weighted by Crippen LogP contribution is 2.24. The van der Waals surface area contributed by atoms with Crippen LogP contribution >= 0.6 is 11.8 Å². The number of benzene rings is 1. The minimum atomic E-state index is 0.690. The first-order chi connectivity index (χ1) is 9.36. The molecule has 0 aliphatic rings. The van der Waals surface area contributed by atoms with Gasteiger partial charge in [0.1, 0.15) is 5.52 Å². The Morgan fingerprint density at radius 3 is 2.84 bits per heavy atom. The van der Waals surface area contributed by atoms with Gasteiger partial charge in [-0.1, -0.05) is 42.1 Å². The van der Waals surface area contributed by atoms with Crippen molar-refractivity contribution in [3.63, 3.8) is 0 Å². The lowest BCUT2D eigenvalue weighted by molar-refractivity contribution is 0.994. The third-order valence-corrected chi connectivity index (χ3v) is 3.63. The highest BCUT2D eigenvalue weighted by molar-refractivity contribution is 7.98. The van der Waals surface area contributed by atoms with E-state index in [-0.39, 0.29) is 0 Å². The minimum absolute atomic E-state index is 0.690. The molecule has 1 aromatic carbocycles. The number of nitrogens with one attached hydrogen (secondary N) is 2. The highest BCUT2D eigenvalue weighted by Gasteiger charge is 2.09. The summed E-state index contributed by atoms with van der Waals surface area (Å²) in [5.41, 5.74) is 2.78. The molecular weight excluding hydrogens is 258 g/mol. The van der Waals surface area contributed by atoms with Gasteiger partial charge in [0.15, 0.2) is 16.6 Å². The first-order valence-corrected chi connectivity index (χ1v) is 6.91. The van der Waals surface area contributed by atoms with Gasteiger partial charge in [-0.25, -0.2) is 15.0 Å². The van der Waals surface area contributed by atoms with Gasteiger partial charge in [-0.15, -0.1) is 0 Å². The lowest BCUT2D eigenvalue weighted by Crippen LogP contribution is -1.97. The van der Waals surface area contributed by atoms with Crippen LogP contribution in [0.3, 0.4) is 0 Å². The number of nitrogens with zero attached hydrogens (tertiary/aromatic N) is 3. The summed E-state index contributed by atoms with van der Waals surface area (Å²) in [4.78, 5) is 16.1. The van der Waals surface area contributed by atoms with E-state index in [1.165, 1.54) is 5.56 Å². The Labute approximate surface area is 114 Å². The zero-order valence-corrected chi connectivity index (χ0v) is 11.2. The fourth-order valence-corrected chi connectivity index (χ4v) is 2.58. The Hall–Kier alpha value is -2.08. The second-order valence-corrected chi connectivity index (χ2v) is 4.92. The molecule has 3 aromatic rings. The summed E-state index contributed by atoms with van der Waals surface area (Å²) < 4.78 is 0. The summed E-state index contributed by atoms with van der Waals surface area (Å²) in [5.74, 6) is 1.62. The van der Waals surface area contributed by atoms with Crippen molar-refractivity contribution >= 4 is 28.7 Å². The molecule has 0 radical (unpaired) electrons. The number of imidazole rings is 1. The Morgan fingerprint density at radius 2 is 2.05 bits per heavy atom. The molecule has 0 atom stereocenters. The van der Waals surface area contributed by atoms with Crippen molar-refractivity contribution in [3.05, 3.63) is 42.2 Å². The fraction of sp³-hybridized carbons (Fsp3) is 0.154. The molecule has 0 bridgehead atoms. The van der Waals surface area contributed by atoms with E-state index < -0.39 is 0 Å². The quantitative estimate of drug-likeness (QED) is 0.564. The van der Waals surface area contributed by atoms with Gasteiger partial charge >= 0.3 is 0 Å². The SMILES string of the molecule is CNc1nc(SCc2ccccc2)nc2nc[nH]c12. The highest BCUT2D eigenvalue weighted by atomic mass is 32.2. The van der Waals surface area contributed by atoms with Crippen LogP contribution in [0.4, 0.5) is 5.82 Å². The van der Waals surface area contributed by atoms with Crippen molar-refractivity contribution in [2.45, 2.75) is 10.9 Å². The van der Waals surface area contributed by atoms with Crippen LogP contribution in [0.25, 0.3) is 11.2 Å². The second-order valence-electron chi connectivity index (χ2n) is 3.98. The maximum atomic E-state index is 4.48. The number of rotatable bonds is 4. The van der Waals surface area contributed by atoms with Gasteiger partial charge in [-0.05, 0) is 5.56 Å². The van der Waals surface area contributed by atoms with Crippen LogP contribution in [0.5, 0.6) is 0 Å². The lowest BCUT2D eigenvalue weighted by atomic mass is 10.2. The van der Waals surface area contributed by atoms with E-state index in [1.807, 2.05) is 25.2 Å². The van der Waals surface area contributed by atoms with Crippen molar-refractivity contribution in [2.24, 2.45) is 0 Å². The Bertz CT molecular complexity index is 680. The smallest absolute Gasteiger partial charge is 0.192 e. The molecule has 2 heterocycles. The number of thioether (sulfide) groups is 1. The molecule has 19 heavy (non-hydrogen) atoms. The van der Waals surface area contributed by atoms with Crippen LogP contribution in [-0.4, -0.2) is 27.0 Å². The minimum Gasteiger partial charge on any atom is -0.371 e. The molecule has 0 spiro atoms. The molecule has 3 rings (SSSR count). The van der Waals surface area contributed by atoms with Gasteiger partial charge < -0.3 is 10.3 Å². The van der Waals surface area contributed by atoms with E-state index >= 15 is 0 Å².